The van der Waals surface area contributed by atoms with Gasteiger partial charge in [0.05, 0.1) is 26.4 Å². The van der Waals surface area contributed by atoms with Crippen LogP contribution in [0.15, 0.2) is 6.07 Å². The van der Waals surface area contributed by atoms with E-state index in [-0.39, 0.29) is 5.92 Å². The number of methoxy groups -OCH3 is 3. The highest BCUT2D eigenvalue weighted by molar-refractivity contribution is 6.32. The fourth-order valence-corrected chi connectivity index (χ4v) is 2.49. The van der Waals surface area contributed by atoms with Crippen LogP contribution >= 0.6 is 23.2 Å². The van der Waals surface area contributed by atoms with Gasteiger partial charge in [0.15, 0.2) is 11.5 Å². The van der Waals surface area contributed by atoms with Gasteiger partial charge in [-0.2, -0.15) is 0 Å². The summed E-state index contributed by atoms with van der Waals surface area (Å²) in [5.74, 6) is 2.46. The van der Waals surface area contributed by atoms with Crippen molar-refractivity contribution in [1.82, 2.24) is 0 Å². The van der Waals surface area contributed by atoms with Crippen LogP contribution in [0.3, 0.4) is 0 Å². The molecule has 0 bridgehead atoms. The molecule has 0 fully saturated rings. The third-order valence-electron chi connectivity index (χ3n) is 2.86. The van der Waals surface area contributed by atoms with E-state index in [0.29, 0.717) is 28.2 Å². The fourth-order valence-electron chi connectivity index (χ4n) is 1.88. The predicted molar refractivity (Wildman–Crippen MR) is 74.9 cm³/mol. The molecule has 5 heteroatoms. The van der Waals surface area contributed by atoms with Crippen LogP contribution in [0.25, 0.3) is 0 Å². The van der Waals surface area contributed by atoms with Crippen molar-refractivity contribution in [3.05, 3.63) is 16.7 Å². The van der Waals surface area contributed by atoms with Gasteiger partial charge in [-0.3, -0.25) is 0 Å². The first-order valence-corrected chi connectivity index (χ1v) is 6.56. The second-order valence-corrected chi connectivity index (χ2v) is 4.71. The van der Waals surface area contributed by atoms with Gasteiger partial charge in [0.2, 0.25) is 5.75 Å². The monoisotopic (exact) mass is 292 g/mol. The second-order valence-electron chi connectivity index (χ2n) is 3.93. The van der Waals surface area contributed by atoms with Crippen molar-refractivity contribution in [2.75, 3.05) is 27.2 Å². The van der Waals surface area contributed by atoms with Crippen molar-refractivity contribution in [2.45, 2.75) is 19.3 Å². The molecule has 0 radical (unpaired) electrons. The third-order valence-corrected chi connectivity index (χ3v) is 3.36. The van der Waals surface area contributed by atoms with Crippen molar-refractivity contribution < 1.29 is 14.2 Å². The van der Waals surface area contributed by atoms with Crippen LogP contribution in [0.4, 0.5) is 0 Å². The number of alkyl halides is 1. The van der Waals surface area contributed by atoms with Gasteiger partial charge in [0.25, 0.3) is 0 Å². The molecule has 1 atom stereocenters. The Morgan fingerprint density at radius 3 is 2.06 bits per heavy atom. The largest absolute Gasteiger partial charge is 0.492 e. The van der Waals surface area contributed by atoms with Gasteiger partial charge in [-0.1, -0.05) is 18.5 Å². The first-order valence-electron chi connectivity index (χ1n) is 5.64. The summed E-state index contributed by atoms with van der Waals surface area (Å²) < 4.78 is 16.0. The van der Waals surface area contributed by atoms with E-state index in [2.05, 4.69) is 6.92 Å². The summed E-state index contributed by atoms with van der Waals surface area (Å²) in [4.78, 5) is 0. The summed E-state index contributed by atoms with van der Waals surface area (Å²) in [7, 11) is 4.71. The van der Waals surface area contributed by atoms with E-state index in [1.165, 1.54) is 0 Å². The lowest BCUT2D eigenvalue weighted by Gasteiger charge is -2.20. The Morgan fingerprint density at radius 1 is 1.06 bits per heavy atom. The Morgan fingerprint density at radius 2 is 1.61 bits per heavy atom. The fraction of sp³-hybridized carbons (Fsp3) is 0.538. The number of ether oxygens (including phenoxy) is 3. The van der Waals surface area contributed by atoms with Crippen LogP contribution in [-0.4, -0.2) is 27.2 Å². The zero-order valence-electron chi connectivity index (χ0n) is 11.0. The summed E-state index contributed by atoms with van der Waals surface area (Å²) in [6.07, 6.45) is 0.837. The lowest BCUT2D eigenvalue weighted by Crippen LogP contribution is -2.03. The minimum atomic E-state index is 0.231. The normalized spacial score (nSPS) is 12.1. The second kappa shape index (κ2) is 6.95. The van der Waals surface area contributed by atoms with Gasteiger partial charge in [0.1, 0.15) is 0 Å². The molecule has 1 unspecified atom stereocenters. The minimum absolute atomic E-state index is 0.231. The molecule has 0 aliphatic heterocycles. The van der Waals surface area contributed by atoms with Gasteiger partial charge in [0, 0.05) is 11.4 Å². The van der Waals surface area contributed by atoms with E-state index in [4.69, 9.17) is 37.4 Å². The van der Waals surface area contributed by atoms with Crippen molar-refractivity contribution in [3.8, 4) is 17.2 Å². The number of hydrogen-bond donors (Lipinski definition) is 0. The Labute approximate surface area is 118 Å². The first-order chi connectivity index (χ1) is 8.60. The predicted octanol–water partition coefficient (Wildman–Crippen LogP) is 4.10. The smallest absolute Gasteiger partial charge is 0.205 e. The zero-order chi connectivity index (χ0) is 13.7. The van der Waals surface area contributed by atoms with Crippen LogP contribution in [0.5, 0.6) is 17.2 Å². The van der Waals surface area contributed by atoms with E-state index in [1.807, 2.05) is 6.07 Å². The SMILES string of the molecule is COc1c(Cl)cc(C(C)CCCl)c(OC)c1OC. The average molecular weight is 293 g/mol. The van der Waals surface area contributed by atoms with E-state index in [9.17, 15) is 0 Å². The molecule has 18 heavy (non-hydrogen) atoms. The van der Waals surface area contributed by atoms with Gasteiger partial charge >= 0.3 is 0 Å². The summed E-state index contributed by atoms with van der Waals surface area (Å²) >= 11 is 12.0. The highest BCUT2D eigenvalue weighted by atomic mass is 35.5. The summed E-state index contributed by atoms with van der Waals surface area (Å²) in [5, 5.41) is 0.506. The van der Waals surface area contributed by atoms with Gasteiger partial charge in [-0.15, -0.1) is 11.6 Å². The van der Waals surface area contributed by atoms with E-state index in [0.717, 1.165) is 12.0 Å². The molecular weight excluding hydrogens is 275 g/mol. The van der Waals surface area contributed by atoms with E-state index < -0.39 is 0 Å². The maximum absolute atomic E-state index is 6.19. The number of hydrogen-bond acceptors (Lipinski definition) is 3. The standard InChI is InChI=1S/C13H18Cl2O3/c1-8(5-6-14)9-7-10(15)12(17-3)13(18-4)11(9)16-2/h7-8H,5-6H2,1-4H3. The Bertz CT molecular complexity index is 408. The summed E-state index contributed by atoms with van der Waals surface area (Å²) in [5.41, 5.74) is 0.973. The Kier molecular flexibility index (Phi) is 5.89. The quantitative estimate of drug-likeness (QED) is 0.739. The van der Waals surface area contributed by atoms with Crippen LogP contribution in [-0.2, 0) is 0 Å². The number of halogens is 2. The van der Waals surface area contributed by atoms with Gasteiger partial charge < -0.3 is 14.2 Å². The van der Waals surface area contributed by atoms with Gasteiger partial charge in [-0.05, 0) is 18.4 Å². The maximum Gasteiger partial charge on any atom is 0.205 e. The molecule has 0 aliphatic rings. The number of benzene rings is 1. The topological polar surface area (TPSA) is 27.7 Å². The first kappa shape index (κ1) is 15.3. The van der Waals surface area contributed by atoms with E-state index in [1.54, 1.807) is 21.3 Å². The molecule has 0 amide bonds. The van der Waals surface area contributed by atoms with Crippen LogP contribution in [0.2, 0.25) is 5.02 Å². The molecule has 0 heterocycles. The van der Waals surface area contributed by atoms with Crippen molar-refractivity contribution in [1.29, 1.82) is 0 Å². The lowest BCUT2D eigenvalue weighted by atomic mass is 9.97. The highest BCUT2D eigenvalue weighted by Gasteiger charge is 2.22. The molecular formula is C13H18Cl2O3. The molecule has 0 aliphatic carbocycles. The van der Waals surface area contributed by atoms with Crippen LogP contribution in [0.1, 0.15) is 24.8 Å². The molecule has 1 aromatic carbocycles. The average Bonchev–Trinajstić information content (AvgIpc) is 2.37. The summed E-state index contributed by atoms with van der Waals surface area (Å²) in [6.45, 7) is 2.07. The van der Waals surface area contributed by atoms with Crippen molar-refractivity contribution in [3.63, 3.8) is 0 Å². The molecule has 102 valence electrons. The molecule has 0 saturated heterocycles. The molecule has 0 N–H and O–H groups in total. The van der Waals surface area contributed by atoms with Crippen LogP contribution < -0.4 is 14.2 Å². The van der Waals surface area contributed by atoms with Gasteiger partial charge in [-0.25, -0.2) is 0 Å². The molecule has 0 aromatic heterocycles. The zero-order valence-corrected chi connectivity index (χ0v) is 12.6. The molecule has 1 rings (SSSR count). The molecule has 1 aromatic rings. The van der Waals surface area contributed by atoms with Crippen LogP contribution in [0, 0.1) is 0 Å². The number of rotatable bonds is 6. The minimum Gasteiger partial charge on any atom is -0.492 e. The highest BCUT2D eigenvalue weighted by Crippen LogP contribution is 2.47. The molecule has 0 saturated carbocycles. The molecule has 3 nitrogen and oxygen atoms in total. The van der Waals surface area contributed by atoms with E-state index >= 15 is 0 Å². The molecule has 0 spiro atoms. The van der Waals surface area contributed by atoms with Crippen molar-refractivity contribution in [2.24, 2.45) is 0 Å². The summed E-state index contributed by atoms with van der Waals surface area (Å²) in [6, 6.07) is 1.85. The van der Waals surface area contributed by atoms with Crippen molar-refractivity contribution >= 4 is 23.2 Å². The maximum atomic E-state index is 6.19. The lowest BCUT2D eigenvalue weighted by molar-refractivity contribution is 0.321. The third kappa shape index (κ3) is 2.96. The Balaban J connectivity index is 3.39. The Hall–Kier alpha value is -0.800.